The normalized spacial score (nSPS) is 37.7. The molecule has 0 spiro atoms. The molecule has 0 N–H and O–H groups in total. The van der Waals surface area contributed by atoms with Gasteiger partial charge in [-0.1, -0.05) is 15.9 Å². The summed E-state index contributed by atoms with van der Waals surface area (Å²) in [5.74, 6) is 0.906. The largest absolute Gasteiger partial charge is 0.371 e. The third-order valence-electron chi connectivity index (χ3n) is 3.82. The van der Waals surface area contributed by atoms with Crippen molar-refractivity contribution in [1.29, 1.82) is 0 Å². The molecular weight excluding hydrogens is 266 g/mol. The zero-order chi connectivity index (χ0) is 11.8. The van der Waals surface area contributed by atoms with E-state index in [1.54, 1.807) is 0 Å². The Balaban J connectivity index is 1.66. The van der Waals surface area contributed by atoms with Gasteiger partial charge in [-0.2, -0.15) is 0 Å². The minimum atomic E-state index is 0.114. The number of hydrogen-bond donors (Lipinski definition) is 0. The van der Waals surface area contributed by atoms with Gasteiger partial charge in [0, 0.05) is 17.9 Å². The van der Waals surface area contributed by atoms with Gasteiger partial charge in [0.25, 0.3) is 0 Å². The molecule has 1 atom stereocenters. The van der Waals surface area contributed by atoms with Crippen LogP contribution in [0.25, 0.3) is 0 Å². The number of nitrogens with zero attached hydrogens (tertiary/aromatic N) is 1. The third kappa shape index (κ3) is 3.44. The molecule has 2 aliphatic rings. The summed E-state index contributed by atoms with van der Waals surface area (Å²) in [7, 11) is 2.23. The van der Waals surface area contributed by atoms with Crippen molar-refractivity contribution in [3.8, 4) is 0 Å². The SMILES string of the molecule is CN(CC1CC(Br)C1)CC1CCC(C)(C)O1. The summed E-state index contributed by atoms with van der Waals surface area (Å²) < 4.78 is 6.02. The van der Waals surface area contributed by atoms with Crippen molar-refractivity contribution >= 4 is 15.9 Å². The predicted octanol–water partition coefficient (Wildman–Crippen LogP) is 3.05. The Morgan fingerprint density at radius 1 is 1.31 bits per heavy atom. The van der Waals surface area contributed by atoms with E-state index in [1.807, 2.05) is 0 Å². The van der Waals surface area contributed by atoms with Crippen molar-refractivity contribution in [2.75, 3.05) is 20.1 Å². The van der Waals surface area contributed by atoms with Crippen LogP contribution in [-0.2, 0) is 4.74 Å². The summed E-state index contributed by atoms with van der Waals surface area (Å²) in [6, 6.07) is 0. The summed E-state index contributed by atoms with van der Waals surface area (Å²) in [5.41, 5.74) is 0.114. The van der Waals surface area contributed by atoms with Crippen LogP contribution in [0, 0.1) is 5.92 Å². The van der Waals surface area contributed by atoms with Gasteiger partial charge in [0.2, 0.25) is 0 Å². The molecule has 1 heterocycles. The Kier molecular flexibility index (Phi) is 3.97. The summed E-state index contributed by atoms with van der Waals surface area (Å²) >= 11 is 3.65. The van der Waals surface area contributed by atoms with E-state index in [2.05, 4.69) is 41.7 Å². The molecule has 0 bridgehead atoms. The maximum atomic E-state index is 6.02. The van der Waals surface area contributed by atoms with Gasteiger partial charge < -0.3 is 9.64 Å². The molecule has 94 valence electrons. The fourth-order valence-corrected chi connectivity index (χ4v) is 3.93. The molecule has 16 heavy (non-hydrogen) atoms. The minimum Gasteiger partial charge on any atom is -0.371 e. The summed E-state index contributed by atoms with van der Waals surface area (Å²) in [5, 5.41) is 0. The number of rotatable bonds is 4. The second kappa shape index (κ2) is 4.95. The van der Waals surface area contributed by atoms with Crippen LogP contribution in [0.5, 0.6) is 0 Å². The van der Waals surface area contributed by atoms with Gasteiger partial charge in [-0.05, 0) is 52.5 Å². The van der Waals surface area contributed by atoms with Gasteiger partial charge in [0.15, 0.2) is 0 Å². The summed E-state index contributed by atoms with van der Waals surface area (Å²) in [4.78, 5) is 3.24. The molecule has 1 aliphatic heterocycles. The molecule has 2 fully saturated rings. The molecule has 0 aromatic rings. The Labute approximate surface area is 108 Å². The van der Waals surface area contributed by atoms with Gasteiger partial charge in [0.1, 0.15) is 0 Å². The molecule has 1 unspecified atom stereocenters. The lowest BCUT2D eigenvalue weighted by atomic mass is 9.85. The number of alkyl halides is 1. The first kappa shape index (κ1) is 12.8. The van der Waals surface area contributed by atoms with E-state index < -0.39 is 0 Å². The third-order valence-corrected chi connectivity index (χ3v) is 4.57. The first-order valence-corrected chi connectivity index (χ1v) is 7.36. The minimum absolute atomic E-state index is 0.114. The molecule has 0 aromatic carbocycles. The highest BCUT2D eigenvalue weighted by molar-refractivity contribution is 9.09. The monoisotopic (exact) mass is 289 g/mol. The molecule has 0 radical (unpaired) electrons. The molecular formula is C13H24BrNO. The Hall–Kier alpha value is 0.400. The molecule has 2 rings (SSSR count). The van der Waals surface area contributed by atoms with E-state index in [1.165, 1.54) is 32.2 Å². The van der Waals surface area contributed by atoms with Gasteiger partial charge >= 0.3 is 0 Å². The van der Waals surface area contributed by atoms with Crippen molar-refractivity contribution in [1.82, 2.24) is 4.90 Å². The first-order chi connectivity index (χ1) is 7.44. The Morgan fingerprint density at radius 2 is 2.00 bits per heavy atom. The lowest BCUT2D eigenvalue weighted by Gasteiger charge is -2.35. The molecule has 1 saturated heterocycles. The lowest BCUT2D eigenvalue weighted by Crippen LogP contribution is -2.38. The molecule has 3 heteroatoms. The number of hydrogen-bond acceptors (Lipinski definition) is 2. The summed E-state index contributed by atoms with van der Waals surface area (Å²) in [6.07, 6.45) is 5.59. The van der Waals surface area contributed by atoms with Crippen LogP contribution in [0.15, 0.2) is 0 Å². The van der Waals surface area contributed by atoms with Crippen molar-refractivity contribution in [2.45, 2.75) is 56.1 Å². The number of ether oxygens (including phenoxy) is 1. The highest BCUT2D eigenvalue weighted by Crippen LogP contribution is 2.34. The second-order valence-electron chi connectivity index (χ2n) is 6.19. The standard InChI is InChI=1S/C13H24BrNO/c1-13(2)5-4-12(16-13)9-15(3)8-10-6-11(14)7-10/h10-12H,4-9H2,1-3H3. The van der Waals surface area contributed by atoms with Crippen LogP contribution < -0.4 is 0 Å². The average molecular weight is 290 g/mol. The topological polar surface area (TPSA) is 12.5 Å². The zero-order valence-electron chi connectivity index (χ0n) is 10.7. The smallest absolute Gasteiger partial charge is 0.0710 e. The van der Waals surface area contributed by atoms with Crippen molar-refractivity contribution in [2.24, 2.45) is 5.92 Å². The fraction of sp³-hybridized carbons (Fsp3) is 1.00. The highest BCUT2D eigenvalue weighted by atomic mass is 79.9. The fourth-order valence-electron chi connectivity index (χ4n) is 2.87. The van der Waals surface area contributed by atoms with Crippen LogP contribution in [0.4, 0.5) is 0 Å². The maximum Gasteiger partial charge on any atom is 0.0710 e. The molecule has 1 aliphatic carbocycles. The highest BCUT2D eigenvalue weighted by Gasteiger charge is 2.33. The van der Waals surface area contributed by atoms with E-state index in [0.29, 0.717) is 6.10 Å². The molecule has 0 aromatic heterocycles. The predicted molar refractivity (Wildman–Crippen MR) is 71.1 cm³/mol. The Bertz CT molecular complexity index is 238. The van der Waals surface area contributed by atoms with Gasteiger partial charge in [-0.3, -0.25) is 0 Å². The first-order valence-electron chi connectivity index (χ1n) is 6.45. The van der Waals surface area contributed by atoms with E-state index >= 15 is 0 Å². The summed E-state index contributed by atoms with van der Waals surface area (Å²) in [6.45, 7) is 6.75. The van der Waals surface area contributed by atoms with Crippen LogP contribution in [0.3, 0.4) is 0 Å². The van der Waals surface area contributed by atoms with Crippen molar-refractivity contribution in [3.63, 3.8) is 0 Å². The Morgan fingerprint density at radius 3 is 2.50 bits per heavy atom. The maximum absolute atomic E-state index is 6.02. The average Bonchev–Trinajstić information content (AvgIpc) is 2.42. The van der Waals surface area contributed by atoms with Gasteiger partial charge in [-0.25, -0.2) is 0 Å². The van der Waals surface area contributed by atoms with Crippen molar-refractivity contribution < 1.29 is 4.74 Å². The quantitative estimate of drug-likeness (QED) is 0.738. The molecule has 0 amide bonds. The van der Waals surface area contributed by atoms with E-state index in [-0.39, 0.29) is 5.60 Å². The van der Waals surface area contributed by atoms with Crippen LogP contribution in [0.2, 0.25) is 0 Å². The number of likely N-dealkylation sites (N-methyl/N-ethyl adjacent to an activating group) is 1. The van der Waals surface area contributed by atoms with Crippen molar-refractivity contribution in [3.05, 3.63) is 0 Å². The lowest BCUT2D eigenvalue weighted by molar-refractivity contribution is -0.0280. The van der Waals surface area contributed by atoms with E-state index in [4.69, 9.17) is 4.74 Å². The van der Waals surface area contributed by atoms with Gasteiger partial charge in [0.05, 0.1) is 11.7 Å². The van der Waals surface area contributed by atoms with Gasteiger partial charge in [-0.15, -0.1) is 0 Å². The molecule has 2 nitrogen and oxygen atoms in total. The zero-order valence-corrected chi connectivity index (χ0v) is 12.3. The van der Waals surface area contributed by atoms with E-state index in [0.717, 1.165) is 17.3 Å². The van der Waals surface area contributed by atoms with Crippen LogP contribution in [-0.4, -0.2) is 41.6 Å². The second-order valence-corrected chi connectivity index (χ2v) is 7.49. The van der Waals surface area contributed by atoms with E-state index in [9.17, 15) is 0 Å². The van der Waals surface area contributed by atoms with Crippen LogP contribution in [0.1, 0.15) is 39.5 Å². The molecule has 1 saturated carbocycles. The van der Waals surface area contributed by atoms with Crippen LogP contribution >= 0.6 is 15.9 Å². The number of halogens is 1.